The van der Waals surface area contributed by atoms with E-state index in [2.05, 4.69) is 0 Å². The summed E-state index contributed by atoms with van der Waals surface area (Å²) < 4.78 is 10.5. The van der Waals surface area contributed by atoms with Gasteiger partial charge in [0.2, 0.25) is 0 Å². The summed E-state index contributed by atoms with van der Waals surface area (Å²) in [5.74, 6) is -0.129. The van der Waals surface area contributed by atoms with Crippen LogP contribution in [-0.2, 0) is 14.3 Å². The van der Waals surface area contributed by atoms with Crippen LogP contribution in [0.3, 0.4) is 0 Å². The summed E-state index contributed by atoms with van der Waals surface area (Å²) in [6.07, 6.45) is 4.56. The van der Waals surface area contributed by atoms with Gasteiger partial charge in [-0.05, 0) is 40.2 Å². The zero-order chi connectivity index (χ0) is 13.1. The molecular weight excluding hydrogens is 218 g/mol. The van der Waals surface area contributed by atoms with Crippen LogP contribution in [-0.4, -0.2) is 31.3 Å². The lowest BCUT2D eigenvalue weighted by molar-refractivity contribution is -0.147. The van der Waals surface area contributed by atoms with Gasteiger partial charge in [0.05, 0.1) is 12.2 Å². The van der Waals surface area contributed by atoms with E-state index in [1.807, 2.05) is 20.8 Å². The van der Waals surface area contributed by atoms with Gasteiger partial charge >= 0.3 is 5.97 Å². The van der Waals surface area contributed by atoms with Gasteiger partial charge in [0.1, 0.15) is 6.61 Å². The summed E-state index contributed by atoms with van der Waals surface area (Å²) in [5.41, 5.74) is 5.21. The van der Waals surface area contributed by atoms with Gasteiger partial charge in [0, 0.05) is 6.42 Å². The maximum Gasteiger partial charge on any atom is 0.305 e. The Morgan fingerprint density at radius 1 is 1.06 bits per heavy atom. The van der Waals surface area contributed by atoms with E-state index in [1.54, 1.807) is 0 Å². The lowest BCUT2D eigenvalue weighted by Crippen LogP contribution is -2.22. The quantitative estimate of drug-likeness (QED) is 0.500. The van der Waals surface area contributed by atoms with Crippen LogP contribution in [0.5, 0.6) is 0 Å². The standard InChI is InChI=1S/C13H27NO3/c1-13(2,3)17-11-10-16-12(15)8-6-4-5-7-9-14/h4-11,14H2,1-3H3. The van der Waals surface area contributed by atoms with Crippen molar-refractivity contribution in [3.63, 3.8) is 0 Å². The zero-order valence-electron chi connectivity index (χ0n) is 11.5. The van der Waals surface area contributed by atoms with Crippen LogP contribution in [0.4, 0.5) is 0 Å². The predicted octanol–water partition coefficient (Wildman–Crippen LogP) is 2.25. The number of rotatable bonds is 9. The number of carbonyl (C=O) groups is 1. The number of hydrogen-bond acceptors (Lipinski definition) is 4. The van der Waals surface area contributed by atoms with Gasteiger partial charge in [-0.2, -0.15) is 0 Å². The first-order valence-electron chi connectivity index (χ1n) is 6.45. The Morgan fingerprint density at radius 2 is 1.71 bits per heavy atom. The van der Waals surface area contributed by atoms with E-state index in [0.29, 0.717) is 19.6 Å². The van der Waals surface area contributed by atoms with Crippen molar-refractivity contribution in [2.75, 3.05) is 19.8 Å². The molecule has 0 spiro atoms. The Morgan fingerprint density at radius 3 is 2.29 bits per heavy atom. The molecule has 0 heterocycles. The van der Waals surface area contributed by atoms with Crippen molar-refractivity contribution in [1.82, 2.24) is 0 Å². The molecule has 0 radical (unpaired) electrons. The van der Waals surface area contributed by atoms with Crippen molar-refractivity contribution in [1.29, 1.82) is 0 Å². The highest BCUT2D eigenvalue weighted by atomic mass is 16.6. The number of esters is 1. The highest BCUT2D eigenvalue weighted by molar-refractivity contribution is 5.69. The van der Waals surface area contributed by atoms with Crippen molar-refractivity contribution >= 4 is 5.97 Å². The molecule has 0 aromatic carbocycles. The Balaban J connectivity index is 3.29. The van der Waals surface area contributed by atoms with Crippen molar-refractivity contribution < 1.29 is 14.3 Å². The second-order valence-electron chi connectivity index (χ2n) is 5.13. The smallest absolute Gasteiger partial charge is 0.305 e. The molecule has 0 aliphatic carbocycles. The highest BCUT2D eigenvalue weighted by Crippen LogP contribution is 2.06. The molecule has 0 bridgehead atoms. The minimum absolute atomic E-state index is 0.129. The first-order valence-corrected chi connectivity index (χ1v) is 6.45. The van der Waals surface area contributed by atoms with Crippen LogP contribution >= 0.6 is 0 Å². The van der Waals surface area contributed by atoms with Crippen LogP contribution in [0, 0.1) is 0 Å². The van der Waals surface area contributed by atoms with Gasteiger partial charge in [0.25, 0.3) is 0 Å². The lowest BCUT2D eigenvalue weighted by atomic mass is 10.1. The number of hydrogen-bond donors (Lipinski definition) is 1. The molecule has 0 aromatic heterocycles. The summed E-state index contributed by atoms with van der Waals surface area (Å²) in [6.45, 7) is 7.47. The monoisotopic (exact) mass is 245 g/mol. The summed E-state index contributed by atoms with van der Waals surface area (Å²) in [4.78, 5) is 11.3. The third-order valence-electron chi connectivity index (χ3n) is 2.22. The molecule has 0 aliphatic rings. The Bertz CT molecular complexity index is 199. The minimum Gasteiger partial charge on any atom is -0.463 e. The number of ether oxygens (including phenoxy) is 2. The summed E-state index contributed by atoms with van der Waals surface area (Å²) >= 11 is 0. The molecule has 4 nitrogen and oxygen atoms in total. The molecule has 0 saturated carbocycles. The van der Waals surface area contributed by atoms with E-state index in [1.165, 1.54) is 0 Å². The third-order valence-corrected chi connectivity index (χ3v) is 2.22. The molecule has 0 rings (SSSR count). The number of nitrogens with two attached hydrogens (primary N) is 1. The molecule has 0 atom stereocenters. The van der Waals surface area contributed by atoms with Gasteiger partial charge in [-0.1, -0.05) is 12.8 Å². The molecule has 0 aliphatic heterocycles. The van der Waals surface area contributed by atoms with Crippen LogP contribution in [0.1, 0.15) is 52.9 Å². The fourth-order valence-electron chi connectivity index (χ4n) is 1.34. The van der Waals surface area contributed by atoms with Gasteiger partial charge < -0.3 is 15.2 Å². The lowest BCUT2D eigenvalue weighted by Gasteiger charge is -2.19. The van der Waals surface area contributed by atoms with Crippen molar-refractivity contribution in [2.24, 2.45) is 5.73 Å². The van der Waals surface area contributed by atoms with E-state index in [4.69, 9.17) is 15.2 Å². The van der Waals surface area contributed by atoms with Crippen LogP contribution in [0.2, 0.25) is 0 Å². The number of unbranched alkanes of at least 4 members (excludes halogenated alkanes) is 3. The van der Waals surface area contributed by atoms with Crippen LogP contribution in [0.15, 0.2) is 0 Å². The minimum atomic E-state index is -0.172. The van der Waals surface area contributed by atoms with Gasteiger partial charge in [-0.3, -0.25) is 4.79 Å². The molecular formula is C13H27NO3. The zero-order valence-corrected chi connectivity index (χ0v) is 11.5. The fraction of sp³-hybridized carbons (Fsp3) is 0.923. The first kappa shape index (κ1) is 16.4. The van der Waals surface area contributed by atoms with Gasteiger partial charge in [-0.25, -0.2) is 0 Å². The molecule has 4 heteroatoms. The summed E-state index contributed by atoms with van der Waals surface area (Å²) in [7, 11) is 0. The maximum absolute atomic E-state index is 11.3. The largest absolute Gasteiger partial charge is 0.463 e. The summed E-state index contributed by atoms with van der Waals surface area (Å²) in [5, 5.41) is 0. The molecule has 2 N–H and O–H groups in total. The van der Waals surface area contributed by atoms with E-state index in [9.17, 15) is 4.79 Å². The molecule has 102 valence electrons. The molecule has 0 amide bonds. The Hall–Kier alpha value is -0.610. The Labute approximate surface area is 105 Å². The average molecular weight is 245 g/mol. The number of carbonyl (C=O) groups excluding carboxylic acids is 1. The van der Waals surface area contributed by atoms with Crippen molar-refractivity contribution in [2.45, 2.75) is 58.5 Å². The summed E-state index contributed by atoms with van der Waals surface area (Å²) in [6, 6.07) is 0. The van der Waals surface area contributed by atoms with E-state index in [-0.39, 0.29) is 11.6 Å². The van der Waals surface area contributed by atoms with Crippen molar-refractivity contribution in [3.05, 3.63) is 0 Å². The maximum atomic E-state index is 11.3. The molecule has 0 unspecified atom stereocenters. The molecule has 0 saturated heterocycles. The molecule has 17 heavy (non-hydrogen) atoms. The molecule has 0 fully saturated rings. The van der Waals surface area contributed by atoms with E-state index >= 15 is 0 Å². The van der Waals surface area contributed by atoms with Gasteiger partial charge in [0.15, 0.2) is 0 Å². The third kappa shape index (κ3) is 13.3. The van der Waals surface area contributed by atoms with E-state index < -0.39 is 0 Å². The Kier molecular flexibility index (Phi) is 9.09. The van der Waals surface area contributed by atoms with Crippen molar-refractivity contribution in [3.8, 4) is 0 Å². The molecule has 0 aromatic rings. The second kappa shape index (κ2) is 9.42. The van der Waals surface area contributed by atoms with Gasteiger partial charge in [-0.15, -0.1) is 0 Å². The average Bonchev–Trinajstić information content (AvgIpc) is 2.23. The first-order chi connectivity index (χ1) is 7.95. The van der Waals surface area contributed by atoms with Crippen LogP contribution in [0.25, 0.3) is 0 Å². The SMILES string of the molecule is CC(C)(C)OCCOC(=O)CCCCCCN. The topological polar surface area (TPSA) is 61.5 Å². The van der Waals surface area contributed by atoms with Crippen LogP contribution < -0.4 is 5.73 Å². The van der Waals surface area contributed by atoms with E-state index in [0.717, 1.165) is 32.2 Å². The predicted molar refractivity (Wildman–Crippen MR) is 68.8 cm³/mol. The second-order valence-corrected chi connectivity index (χ2v) is 5.13. The highest BCUT2D eigenvalue weighted by Gasteiger charge is 2.10. The normalized spacial score (nSPS) is 11.5. The fourth-order valence-corrected chi connectivity index (χ4v) is 1.34.